The van der Waals surface area contributed by atoms with Gasteiger partial charge in [-0.25, -0.2) is 0 Å². The number of amides is 2. The van der Waals surface area contributed by atoms with Crippen LogP contribution in [0, 0.1) is 11.3 Å². The summed E-state index contributed by atoms with van der Waals surface area (Å²) < 4.78 is 0. The van der Waals surface area contributed by atoms with Crippen LogP contribution in [0.5, 0.6) is 0 Å². The Labute approximate surface area is 83.9 Å². The minimum Gasteiger partial charge on any atom is -0.347 e. The minimum absolute atomic E-state index is 0.0456. The lowest BCUT2D eigenvalue weighted by Crippen LogP contribution is -2.39. The van der Waals surface area contributed by atoms with Gasteiger partial charge in [0.2, 0.25) is 11.8 Å². The average molecular weight is 197 g/mol. The van der Waals surface area contributed by atoms with Crippen LogP contribution in [0.2, 0.25) is 0 Å². The van der Waals surface area contributed by atoms with Gasteiger partial charge >= 0.3 is 0 Å². The zero-order chi connectivity index (χ0) is 11.1. The second-order valence-corrected chi connectivity index (χ2v) is 3.03. The predicted molar refractivity (Wildman–Crippen MR) is 51.2 cm³/mol. The number of rotatable bonds is 4. The molecule has 0 aliphatic rings. The van der Waals surface area contributed by atoms with Crippen LogP contribution in [-0.2, 0) is 9.59 Å². The van der Waals surface area contributed by atoms with Crippen molar-refractivity contribution in [3.05, 3.63) is 0 Å². The van der Waals surface area contributed by atoms with Crippen molar-refractivity contribution >= 4 is 11.8 Å². The highest BCUT2D eigenvalue weighted by Gasteiger charge is 2.15. The number of hydrogen-bond acceptors (Lipinski definition) is 3. The molecule has 0 radical (unpaired) electrons. The molecule has 0 saturated heterocycles. The Kier molecular flexibility index (Phi) is 5.30. The summed E-state index contributed by atoms with van der Waals surface area (Å²) in [5.74, 6) is -0.441. The Bertz CT molecular complexity index is 255. The van der Waals surface area contributed by atoms with Crippen LogP contribution >= 0.6 is 0 Å². The van der Waals surface area contributed by atoms with Gasteiger partial charge in [0.1, 0.15) is 6.42 Å². The number of carbonyl (C=O) groups excluding carboxylic acids is 2. The van der Waals surface area contributed by atoms with Gasteiger partial charge in [0.25, 0.3) is 0 Å². The van der Waals surface area contributed by atoms with Crippen molar-refractivity contribution in [1.82, 2.24) is 9.80 Å². The van der Waals surface area contributed by atoms with Crippen LogP contribution in [0.15, 0.2) is 0 Å². The highest BCUT2D eigenvalue weighted by Crippen LogP contribution is 1.94. The van der Waals surface area contributed by atoms with Crippen molar-refractivity contribution < 1.29 is 9.59 Å². The summed E-state index contributed by atoms with van der Waals surface area (Å²) in [6, 6.07) is 1.77. The van der Waals surface area contributed by atoms with Gasteiger partial charge in [-0.05, 0) is 6.92 Å². The van der Waals surface area contributed by atoms with Crippen LogP contribution in [0.3, 0.4) is 0 Å². The van der Waals surface area contributed by atoms with Crippen molar-refractivity contribution in [3.63, 3.8) is 0 Å². The van der Waals surface area contributed by atoms with Crippen molar-refractivity contribution in [1.29, 1.82) is 5.26 Å². The first kappa shape index (κ1) is 12.4. The van der Waals surface area contributed by atoms with Crippen molar-refractivity contribution in [2.24, 2.45) is 0 Å². The Balaban J connectivity index is 4.23. The predicted octanol–water partition coefficient (Wildman–Crippen LogP) is -0.163. The number of nitrogens with zero attached hydrogens (tertiary/aromatic N) is 3. The zero-order valence-electron chi connectivity index (χ0n) is 8.78. The number of nitriles is 1. The second-order valence-electron chi connectivity index (χ2n) is 3.03. The monoisotopic (exact) mass is 197 g/mol. The van der Waals surface area contributed by atoms with E-state index in [0.717, 1.165) is 0 Å². The number of carbonyl (C=O) groups is 2. The lowest BCUT2D eigenvalue weighted by molar-refractivity contribution is -0.138. The van der Waals surface area contributed by atoms with Gasteiger partial charge in [0.05, 0.1) is 12.6 Å². The highest BCUT2D eigenvalue weighted by molar-refractivity contribution is 5.85. The van der Waals surface area contributed by atoms with Gasteiger partial charge in [-0.15, -0.1) is 0 Å². The topological polar surface area (TPSA) is 64.4 Å². The lowest BCUT2D eigenvalue weighted by Gasteiger charge is -2.21. The quantitative estimate of drug-likeness (QED) is 0.629. The number of hydrogen-bond donors (Lipinski definition) is 0. The fraction of sp³-hybridized carbons (Fsp3) is 0.667. The van der Waals surface area contributed by atoms with Crippen LogP contribution in [0.25, 0.3) is 0 Å². The molecule has 0 aromatic carbocycles. The van der Waals surface area contributed by atoms with Crippen molar-refractivity contribution in [3.8, 4) is 6.07 Å². The minimum atomic E-state index is -0.301. The van der Waals surface area contributed by atoms with Crippen LogP contribution in [-0.4, -0.2) is 48.8 Å². The molecule has 14 heavy (non-hydrogen) atoms. The van der Waals surface area contributed by atoms with Gasteiger partial charge in [0.15, 0.2) is 0 Å². The van der Waals surface area contributed by atoms with Gasteiger partial charge in [0, 0.05) is 20.6 Å². The molecule has 0 bridgehead atoms. The van der Waals surface area contributed by atoms with Crippen molar-refractivity contribution in [2.45, 2.75) is 13.3 Å². The molecule has 0 rings (SSSR count). The molecule has 0 fully saturated rings. The average Bonchev–Trinajstić information content (AvgIpc) is 2.13. The first-order chi connectivity index (χ1) is 6.52. The zero-order valence-corrected chi connectivity index (χ0v) is 8.78. The lowest BCUT2D eigenvalue weighted by atomic mass is 10.3. The molecule has 0 aliphatic carbocycles. The van der Waals surface area contributed by atoms with E-state index in [9.17, 15) is 9.59 Å². The van der Waals surface area contributed by atoms with E-state index in [-0.39, 0.29) is 24.8 Å². The van der Waals surface area contributed by atoms with E-state index in [0.29, 0.717) is 6.54 Å². The fourth-order valence-electron chi connectivity index (χ4n) is 0.860. The van der Waals surface area contributed by atoms with E-state index < -0.39 is 0 Å². The van der Waals surface area contributed by atoms with E-state index in [1.165, 1.54) is 9.80 Å². The Morgan fingerprint density at radius 3 is 2.21 bits per heavy atom. The SMILES string of the molecule is CCN(CC(=O)N(C)C)C(=O)CC#N. The molecule has 5 nitrogen and oxygen atoms in total. The molecule has 0 heterocycles. The summed E-state index contributed by atoms with van der Waals surface area (Å²) in [4.78, 5) is 25.3. The standard InChI is InChI=1S/C9H15N3O2/c1-4-12(8(13)5-6-10)7-9(14)11(2)3/h4-5,7H2,1-3H3. The van der Waals surface area contributed by atoms with Gasteiger partial charge in [-0.2, -0.15) is 5.26 Å². The van der Waals surface area contributed by atoms with E-state index in [2.05, 4.69) is 0 Å². The molecule has 0 N–H and O–H groups in total. The van der Waals surface area contributed by atoms with E-state index >= 15 is 0 Å². The first-order valence-corrected chi connectivity index (χ1v) is 4.37. The second kappa shape index (κ2) is 5.97. The Morgan fingerprint density at radius 1 is 1.29 bits per heavy atom. The van der Waals surface area contributed by atoms with Crippen LogP contribution < -0.4 is 0 Å². The third-order valence-electron chi connectivity index (χ3n) is 1.79. The third-order valence-corrected chi connectivity index (χ3v) is 1.79. The summed E-state index contributed by atoms with van der Waals surface area (Å²) in [6.07, 6.45) is -0.172. The fourth-order valence-corrected chi connectivity index (χ4v) is 0.860. The molecule has 0 unspecified atom stereocenters. The molecule has 0 atom stereocenters. The summed E-state index contributed by atoms with van der Waals surface area (Å²) in [5.41, 5.74) is 0. The molecule has 5 heteroatoms. The molecule has 0 aliphatic heterocycles. The first-order valence-electron chi connectivity index (χ1n) is 4.37. The molecule has 0 aromatic heterocycles. The normalized spacial score (nSPS) is 9.00. The third kappa shape index (κ3) is 3.90. The van der Waals surface area contributed by atoms with Crippen LogP contribution in [0.4, 0.5) is 0 Å². The molecule has 78 valence electrons. The van der Waals surface area contributed by atoms with Gasteiger partial charge < -0.3 is 9.80 Å². The molecule has 0 aromatic rings. The summed E-state index contributed by atoms with van der Waals surface area (Å²) in [7, 11) is 3.26. The highest BCUT2D eigenvalue weighted by atomic mass is 16.2. The van der Waals surface area contributed by atoms with Crippen molar-refractivity contribution in [2.75, 3.05) is 27.2 Å². The molecule has 0 spiro atoms. The van der Waals surface area contributed by atoms with E-state index in [1.807, 2.05) is 0 Å². The molecule has 0 saturated carbocycles. The maximum absolute atomic E-state index is 11.3. The number of likely N-dealkylation sites (N-methyl/N-ethyl adjacent to an activating group) is 2. The summed E-state index contributed by atoms with van der Waals surface area (Å²) in [6.45, 7) is 2.27. The summed E-state index contributed by atoms with van der Waals surface area (Å²) in [5, 5.41) is 8.33. The smallest absolute Gasteiger partial charge is 0.241 e. The van der Waals surface area contributed by atoms with Gasteiger partial charge in [-0.1, -0.05) is 0 Å². The molecule has 2 amide bonds. The maximum atomic E-state index is 11.3. The van der Waals surface area contributed by atoms with Gasteiger partial charge in [-0.3, -0.25) is 9.59 Å². The Hall–Kier alpha value is -1.57. The largest absolute Gasteiger partial charge is 0.347 e. The van der Waals surface area contributed by atoms with E-state index in [4.69, 9.17) is 5.26 Å². The van der Waals surface area contributed by atoms with Crippen LogP contribution in [0.1, 0.15) is 13.3 Å². The Morgan fingerprint density at radius 2 is 1.86 bits per heavy atom. The molecular weight excluding hydrogens is 182 g/mol. The van der Waals surface area contributed by atoms with E-state index in [1.54, 1.807) is 27.1 Å². The maximum Gasteiger partial charge on any atom is 0.241 e. The summed E-state index contributed by atoms with van der Waals surface area (Å²) >= 11 is 0. The molecular formula is C9H15N3O2.